The fraction of sp³-hybridized carbons (Fsp3) is 0.167. The minimum Gasteiger partial charge on any atom is -0.501 e. The van der Waals surface area contributed by atoms with Gasteiger partial charge in [0.1, 0.15) is 0 Å². The summed E-state index contributed by atoms with van der Waals surface area (Å²) in [6.07, 6.45) is 3.31. The van der Waals surface area contributed by atoms with Gasteiger partial charge in [0.25, 0.3) is 0 Å². The van der Waals surface area contributed by atoms with E-state index in [4.69, 9.17) is 4.74 Å². The molecule has 0 amide bonds. The molecular formula is C12H12O. The third kappa shape index (κ3) is 4.03. The Kier molecular flexibility index (Phi) is 4.27. The summed E-state index contributed by atoms with van der Waals surface area (Å²) in [7, 11) is 0. The third-order valence-electron chi connectivity index (χ3n) is 1.40. The normalized spacial score (nSPS) is 9.31. The second kappa shape index (κ2) is 5.91. The molecule has 0 aromatic heterocycles. The highest BCUT2D eigenvalue weighted by Gasteiger charge is 1.78. The molecule has 0 spiro atoms. The van der Waals surface area contributed by atoms with Gasteiger partial charge in [-0.25, -0.2) is 0 Å². The fourth-order valence-electron chi connectivity index (χ4n) is 0.825. The highest BCUT2D eigenvalue weighted by molar-refractivity contribution is 5.36. The summed E-state index contributed by atoms with van der Waals surface area (Å²) in [4.78, 5) is 0. The first-order valence-electron chi connectivity index (χ1n) is 4.26. The second-order valence-electron chi connectivity index (χ2n) is 2.39. The summed E-state index contributed by atoms with van der Waals surface area (Å²) >= 11 is 0. The van der Waals surface area contributed by atoms with Crippen molar-refractivity contribution in [1.29, 1.82) is 0 Å². The molecule has 0 aliphatic carbocycles. The highest BCUT2D eigenvalue weighted by atomic mass is 16.5. The predicted octanol–water partition coefficient (Wildman–Crippen LogP) is 2.59. The number of hydrogen-bond donors (Lipinski definition) is 0. The standard InChI is InChI=1S/C12H12O/c1-2-13-11-7-6-10-12-8-4-3-5-9-12/h3-5,7-9,11H,2H2,1H3. The lowest BCUT2D eigenvalue weighted by Crippen LogP contribution is -1.75. The van der Waals surface area contributed by atoms with Crippen LogP contribution in [0.5, 0.6) is 0 Å². The Morgan fingerprint density at radius 2 is 2.08 bits per heavy atom. The molecule has 0 radical (unpaired) electrons. The minimum absolute atomic E-state index is 0.684. The molecule has 13 heavy (non-hydrogen) atoms. The van der Waals surface area contributed by atoms with Crippen molar-refractivity contribution in [3.63, 3.8) is 0 Å². The van der Waals surface area contributed by atoms with E-state index in [9.17, 15) is 0 Å². The Labute approximate surface area is 79.0 Å². The lowest BCUT2D eigenvalue weighted by Gasteiger charge is -1.87. The minimum atomic E-state index is 0.684. The zero-order valence-electron chi connectivity index (χ0n) is 7.66. The SMILES string of the molecule is CCOC=CC#Cc1ccccc1. The van der Waals surface area contributed by atoms with E-state index in [1.807, 2.05) is 37.3 Å². The first kappa shape index (κ1) is 9.41. The Bertz CT molecular complexity index is 314. The molecule has 1 aromatic rings. The molecule has 0 aliphatic rings. The van der Waals surface area contributed by atoms with Gasteiger partial charge in [-0.05, 0) is 19.1 Å². The topological polar surface area (TPSA) is 9.23 Å². The molecule has 0 aliphatic heterocycles. The number of rotatable bonds is 2. The van der Waals surface area contributed by atoms with Gasteiger partial charge in [0.15, 0.2) is 0 Å². The van der Waals surface area contributed by atoms with Crippen LogP contribution in [0.1, 0.15) is 12.5 Å². The summed E-state index contributed by atoms with van der Waals surface area (Å²) in [5, 5.41) is 0. The van der Waals surface area contributed by atoms with Gasteiger partial charge in [-0.1, -0.05) is 30.0 Å². The van der Waals surface area contributed by atoms with E-state index in [0.29, 0.717) is 6.61 Å². The first-order valence-corrected chi connectivity index (χ1v) is 4.26. The monoisotopic (exact) mass is 172 g/mol. The predicted molar refractivity (Wildman–Crippen MR) is 54.1 cm³/mol. The van der Waals surface area contributed by atoms with Gasteiger partial charge in [0, 0.05) is 11.6 Å². The smallest absolute Gasteiger partial charge is 0.0912 e. The van der Waals surface area contributed by atoms with E-state index in [-0.39, 0.29) is 0 Å². The van der Waals surface area contributed by atoms with E-state index >= 15 is 0 Å². The lowest BCUT2D eigenvalue weighted by molar-refractivity contribution is 0.269. The Hall–Kier alpha value is -1.68. The number of benzene rings is 1. The van der Waals surface area contributed by atoms with Gasteiger partial charge in [0.2, 0.25) is 0 Å². The highest BCUT2D eigenvalue weighted by Crippen LogP contribution is 1.94. The van der Waals surface area contributed by atoms with E-state index in [0.717, 1.165) is 5.56 Å². The van der Waals surface area contributed by atoms with E-state index < -0.39 is 0 Å². The third-order valence-corrected chi connectivity index (χ3v) is 1.40. The van der Waals surface area contributed by atoms with Gasteiger partial charge >= 0.3 is 0 Å². The van der Waals surface area contributed by atoms with Crippen molar-refractivity contribution in [1.82, 2.24) is 0 Å². The largest absolute Gasteiger partial charge is 0.501 e. The van der Waals surface area contributed by atoms with E-state index in [2.05, 4.69) is 11.8 Å². The molecule has 66 valence electrons. The Morgan fingerprint density at radius 1 is 1.31 bits per heavy atom. The van der Waals surface area contributed by atoms with Gasteiger partial charge in [-0.15, -0.1) is 0 Å². The molecule has 0 fully saturated rings. The summed E-state index contributed by atoms with van der Waals surface area (Å²) < 4.78 is 4.99. The first-order chi connectivity index (χ1) is 6.43. The van der Waals surface area contributed by atoms with Crippen molar-refractivity contribution in [2.75, 3.05) is 6.61 Å². The molecule has 0 saturated heterocycles. The summed E-state index contributed by atoms with van der Waals surface area (Å²) in [6.45, 7) is 2.62. The van der Waals surface area contributed by atoms with E-state index in [1.165, 1.54) is 0 Å². The molecule has 0 bridgehead atoms. The molecule has 0 atom stereocenters. The molecule has 1 heteroatoms. The maximum Gasteiger partial charge on any atom is 0.0912 e. The molecule has 1 rings (SSSR count). The Balaban J connectivity index is 2.49. The van der Waals surface area contributed by atoms with Crippen molar-refractivity contribution < 1.29 is 4.74 Å². The van der Waals surface area contributed by atoms with Crippen LogP contribution in [0.25, 0.3) is 0 Å². The summed E-state index contributed by atoms with van der Waals surface area (Å²) in [5.41, 5.74) is 1.02. The van der Waals surface area contributed by atoms with Crippen molar-refractivity contribution in [2.24, 2.45) is 0 Å². The van der Waals surface area contributed by atoms with Gasteiger partial charge in [0.05, 0.1) is 12.9 Å². The fourth-order valence-corrected chi connectivity index (χ4v) is 0.825. The summed E-state index contributed by atoms with van der Waals surface area (Å²) in [6, 6.07) is 9.86. The second-order valence-corrected chi connectivity index (χ2v) is 2.39. The van der Waals surface area contributed by atoms with Crippen LogP contribution in [-0.2, 0) is 4.74 Å². The van der Waals surface area contributed by atoms with Crippen LogP contribution < -0.4 is 0 Å². The molecule has 0 unspecified atom stereocenters. The number of hydrogen-bond acceptors (Lipinski definition) is 1. The van der Waals surface area contributed by atoms with Crippen molar-refractivity contribution >= 4 is 0 Å². The Morgan fingerprint density at radius 3 is 2.77 bits per heavy atom. The molecule has 0 saturated carbocycles. The van der Waals surface area contributed by atoms with Crippen LogP contribution in [0.2, 0.25) is 0 Å². The average molecular weight is 172 g/mol. The van der Waals surface area contributed by atoms with Crippen LogP contribution in [0.3, 0.4) is 0 Å². The van der Waals surface area contributed by atoms with Crippen LogP contribution in [0.4, 0.5) is 0 Å². The zero-order chi connectivity index (χ0) is 9.36. The molecular weight excluding hydrogens is 160 g/mol. The van der Waals surface area contributed by atoms with Crippen LogP contribution >= 0.6 is 0 Å². The van der Waals surface area contributed by atoms with Crippen LogP contribution in [0.15, 0.2) is 42.7 Å². The van der Waals surface area contributed by atoms with Crippen molar-refractivity contribution in [3.8, 4) is 11.8 Å². The van der Waals surface area contributed by atoms with Crippen molar-refractivity contribution in [2.45, 2.75) is 6.92 Å². The summed E-state index contributed by atoms with van der Waals surface area (Å²) in [5.74, 6) is 5.87. The van der Waals surface area contributed by atoms with E-state index in [1.54, 1.807) is 12.3 Å². The molecule has 1 aromatic carbocycles. The van der Waals surface area contributed by atoms with Crippen LogP contribution in [0, 0.1) is 11.8 Å². The van der Waals surface area contributed by atoms with Crippen molar-refractivity contribution in [3.05, 3.63) is 48.2 Å². The quantitative estimate of drug-likeness (QED) is 0.492. The number of ether oxygens (including phenoxy) is 1. The van der Waals surface area contributed by atoms with Gasteiger partial charge in [-0.2, -0.15) is 0 Å². The lowest BCUT2D eigenvalue weighted by atomic mass is 10.2. The average Bonchev–Trinajstić information content (AvgIpc) is 2.19. The maximum absolute atomic E-state index is 4.99. The molecule has 0 N–H and O–H groups in total. The van der Waals surface area contributed by atoms with Gasteiger partial charge < -0.3 is 4.74 Å². The zero-order valence-corrected chi connectivity index (χ0v) is 7.66. The van der Waals surface area contributed by atoms with Gasteiger partial charge in [-0.3, -0.25) is 0 Å². The number of allylic oxidation sites excluding steroid dienone is 1. The molecule has 1 nitrogen and oxygen atoms in total. The van der Waals surface area contributed by atoms with Crippen LogP contribution in [-0.4, -0.2) is 6.61 Å². The molecule has 0 heterocycles. The maximum atomic E-state index is 4.99.